The summed E-state index contributed by atoms with van der Waals surface area (Å²) in [5.41, 5.74) is 7.04. The first kappa shape index (κ1) is 14.9. The fourth-order valence-electron chi connectivity index (χ4n) is 1.58. The van der Waals surface area contributed by atoms with Crippen LogP contribution >= 0.6 is 27.7 Å². The number of ether oxygens (including phenoxy) is 1. The zero-order valence-corrected chi connectivity index (χ0v) is 13.3. The van der Waals surface area contributed by atoms with Crippen molar-refractivity contribution in [2.24, 2.45) is 0 Å². The third-order valence-corrected chi connectivity index (χ3v) is 4.26. The Labute approximate surface area is 130 Å². The van der Waals surface area contributed by atoms with E-state index >= 15 is 0 Å². The lowest BCUT2D eigenvalue weighted by Gasteiger charge is -2.05. The molecule has 0 amide bonds. The molecule has 0 saturated heterocycles. The third kappa shape index (κ3) is 3.77. The van der Waals surface area contributed by atoms with Crippen LogP contribution in [0.4, 0.5) is 5.69 Å². The number of hydrogen-bond donors (Lipinski definition) is 1. The number of anilines is 1. The highest BCUT2D eigenvalue weighted by Gasteiger charge is 2.06. The van der Waals surface area contributed by atoms with E-state index in [0.717, 1.165) is 14.3 Å². The van der Waals surface area contributed by atoms with E-state index in [4.69, 9.17) is 10.5 Å². The predicted molar refractivity (Wildman–Crippen MR) is 85.1 cm³/mol. The number of carbonyl (C=O) groups is 1. The molecule has 2 rings (SSSR count). The fourth-order valence-corrected chi connectivity index (χ4v) is 2.97. The number of rotatable bonds is 4. The molecule has 0 unspecified atom stereocenters. The summed E-state index contributed by atoms with van der Waals surface area (Å²) >= 11 is 5.01. The van der Waals surface area contributed by atoms with Gasteiger partial charge < -0.3 is 10.5 Å². The van der Waals surface area contributed by atoms with Gasteiger partial charge in [0.1, 0.15) is 0 Å². The van der Waals surface area contributed by atoms with Crippen LogP contribution in [-0.2, 0) is 4.74 Å². The van der Waals surface area contributed by atoms with Crippen LogP contribution in [0, 0.1) is 0 Å². The molecule has 0 aliphatic carbocycles. The molecule has 0 spiro atoms. The van der Waals surface area contributed by atoms with Crippen LogP contribution in [-0.4, -0.2) is 12.6 Å². The van der Waals surface area contributed by atoms with Crippen molar-refractivity contribution in [3.63, 3.8) is 0 Å². The SMILES string of the molecule is CCOC(=O)c1ccc(Sc2ccc(N)c(Br)c2)cc1. The Kier molecular flexibility index (Phi) is 5.09. The quantitative estimate of drug-likeness (QED) is 0.656. The zero-order valence-electron chi connectivity index (χ0n) is 10.9. The minimum atomic E-state index is -0.292. The van der Waals surface area contributed by atoms with E-state index in [1.165, 1.54) is 0 Å². The highest BCUT2D eigenvalue weighted by molar-refractivity contribution is 9.10. The number of halogens is 1. The average molecular weight is 352 g/mol. The highest BCUT2D eigenvalue weighted by atomic mass is 79.9. The standard InChI is InChI=1S/C15H14BrNO2S/c1-2-19-15(18)10-3-5-11(6-4-10)20-12-7-8-14(17)13(16)9-12/h3-9H,2,17H2,1H3. The Morgan fingerprint density at radius 2 is 1.85 bits per heavy atom. The molecular formula is C15H14BrNO2S. The van der Waals surface area contributed by atoms with E-state index in [0.29, 0.717) is 17.9 Å². The molecule has 0 radical (unpaired) electrons. The van der Waals surface area contributed by atoms with Gasteiger partial charge in [0.25, 0.3) is 0 Å². The average Bonchev–Trinajstić information content (AvgIpc) is 2.44. The zero-order chi connectivity index (χ0) is 14.5. The summed E-state index contributed by atoms with van der Waals surface area (Å²) in [7, 11) is 0. The molecule has 3 nitrogen and oxygen atoms in total. The third-order valence-electron chi connectivity index (χ3n) is 2.57. The number of hydrogen-bond acceptors (Lipinski definition) is 4. The largest absolute Gasteiger partial charge is 0.462 e. The molecular weight excluding hydrogens is 338 g/mol. The van der Waals surface area contributed by atoms with Gasteiger partial charge in [0, 0.05) is 20.0 Å². The molecule has 0 aromatic heterocycles. The minimum Gasteiger partial charge on any atom is -0.462 e. The fraction of sp³-hybridized carbons (Fsp3) is 0.133. The second-order valence-corrected chi connectivity index (χ2v) is 6.03. The lowest BCUT2D eigenvalue weighted by molar-refractivity contribution is 0.0526. The lowest BCUT2D eigenvalue weighted by Crippen LogP contribution is -2.03. The second kappa shape index (κ2) is 6.81. The molecule has 0 fully saturated rings. The Balaban J connectivity index is 2.10. The number of esters is 1. The number of carbonyl (C=O) groups excluding carboxylic acids is 1. The summed E-state index contributed by atoms with van der Waals surface area (Å²) in [6.07, 6.45) is 0. The maximum Gasteiger partial charge on any atom is 0.338 e. The first-order valence-corrected chi connectivity index (χ1v) is 7.71. The monoisotopic (exact) mass is 351 g/mol. The minimum absolute atomic E-state index is 0.292. The van der Waals surface area contributed by atoms with Gasteiger partial charge in [-0.05, 0) is 65.3 Å². The van der Waals surface area contributed by atoms with E-state index in [2.05, 4.69) is 15.9 Å². The van der Waals surface area contributed by atoms with Gasteiger partial charge in [-0.15, -0.1) is 0 Å². The Hall–Kier alpha value is -1.46. The molecule has 0 saturated carbocycles. The summed E-state index contributed by atoms with van der Waals surface area (Å²) in [4.78, 5) is 13.7. The van der Waals surface area contributed by atoms with Crippen LogP contribution in [0.25, 0.3) is 0 Å². The normalized spacial score (nSPS) is 10.3. The number of nitrogens with two attached hydrogens (primary N) is 1. The summed E-state index contributed by atoms with van der Waals surface area (Å²) in [6.45, 7) is 2.18. The van der Waals surface area contributed by atoms with Gasteiger partial charge in [0.15, 0.2) is 0 Å². The molecule has 0 heterocycles. The smallest absolute Gasteiger partial charge is 0.338 e. The van der Waals surface area contributed by atoms with Gasteiger partial charge in [-0.2, -0.15) is 0 Å². The van der Waals surface area contributed by atoms with Crippen molar-refractivity contribution < 1.29 is 9.53 Å². The van der Waals surface area contributed by atoms with Crippen LogP contribution in [0.5, 0.6) is 0 Å². The van der Waals surface area contributed by atoms with E-state index in [1.807, 2.05) is 30.3 Å². The lowest BCUT2D eigenvalue weighted by atomic mass is 10.2. The molecule has 0 bridgehead atoms. The molecule has 104 valence electrons. The van der Waals surface area contributed by atoms with Crippen molar-refractivity contribution in [1.82, 2.24) is 0 Å². The Bertz CT molecular complexity index is 614. The molecule has 20 heavy (non-hydrogen) atoms. The van der Waals surface area contributed by atoms with Crippen LogP contribution < -0.4 is 5.73 Å². The maximum absolute atomic E-state index is 11.5. The summed E-state index contributed by atoms with van der Waals surface area (Å²) in [6, 6.07) is 13.1. The van der Waals surface area contributed by atoms with E-state index < -0.39 is 0 Å². The van der Waals surface area contributed by atoms with Crippen LogP contribution in [0.1, 0.15) is 17.3 Å². The first-order chi connectivity index (χ1) is 9.60. The first-order valence-electron chi connectivity index (χ1n) is 6.10. The van der Waals surface area contributed by atoms with Crippen molar-refractivity contribution in [3.8, 4) is 0 Å². The van der Waals surface area contributed by atoms with Gasteiger partial charge in [0.05, 0.1) is 12.2 Å². The number of benzene rings is 2. The maximum atomic E-state index is 11.5. The summed E-state index contributed by atoms with van der Waals surface area (Å²) < 4.78 is 5.83. The molecule has 0 atom stereocenters. The van der Waals surface area contributed by atoms with Crippen molar-refractivity contribution >= 4 is 39.3 Å². The van der Waals surface area contributed by atoms with Crippen molar-refractivity contribution in [1.29, 1.82) is 0 Å². The summed E-state index contributed by atoms with van der Waals surface area (Å²) in [5.74, 6) is -0.292. The highest BCUT2D eigenvalue weighted by Crippen LogP contribution is 2.31. The molecule has 2 N–H and O–H groups in total. The van der Waals surface area contributed by atoms with E-state index in [9.17, 15) is 4.79 Å². The van der Waals surface area contributed by atoms with Crippen LogP contribution in [0.3, 0.4) is 0 Å². The van der Waals surface area contributed by atoms with Crippen LogP contribution in [0.15, 0.2) is 56.7 Å². The van der Waals surface area contributed by atoms with Crippen molar-refractivity contribution in [2.45, 2.75) is 16.7 Å². The van der Waals surface area contributed by atoms with Crippen molar-refractivity contribution in [2.75, 3.05) is 12.3 Å². The van der Waals surface area contributed by atoms with E-state index in [1.54, 1.807) is 30.8 Å². The van der Waals surface area contributed by atoms with Gasteiger partial charge in [-0.3, -0.25) is 0 Å². The summed E-state index contributed by atoms with van der Waals surface area (Å²) in [5, 5.41) is 0. The number of nitrogen functional groups attached to an aromatic ring is 1. The van der Waals surface area contributed by atoms with Gasteiger partial charge in [0.2, 0.25) is 0 Å². The topological polar surface area (TPSA) is 52.3 Å². The molecule has 2 aromatic rings. The second-order valence-electron chi connectivity index (χ2n) is 4.03. The molecule has 0 aliphatic rings. The Morgan fingerprint density at radius 3 is 2.45 bits per heavy atom. The Morgan fingerprint density at radius 1 is 1.20 bits per heavy atom. The molecule has 5 heteroatoms. The van der Waals surface area contributed by atoms with E-state index in [-0.39, 0.29) is 5.97 Å². The van der Waals surface area contributed by atoms with Crippen molar-refractivity contribution in [3.05, 3.63) is 52.5 Å². The molecule has 2 aromatic carbocycles. The van der Waals surface area contributed by atoms with Crippen LogP contribution in [0.2, 0.25) is 0 Å². The van der Waals surface area contributed by atoms with Gasteiger partial charge in [-0.1, -0.05) is 11.8 Å². The van der Waals surface area contributed by atoms with Gasteiger partial charge >= 0.3 is 5.97 Å². The molecule has 0 aliphatic heterocycles. The predicted octanol–water partition coefficient (Wildman–Crippen LogP) is 4.36. The van der Waals surface area contributed by atoms with Gasteiger partial charge in [-0.25, -0.2) is 4.79 Å².